The normalized spacial score (nSPS) is 20.5. The maximum Gasteiger partial charge on any atom is 0.303 e. The van der Waals surface area contributed by atoms with Gasteiger partial charge in [0, 0.05) is 79.1 Å². The largest absolute Gasteiger partial charge is 0.748 e. The van der Waals surface area contributed by atoms with E-state index in [0.29, 0.717) is 125 Å². The van der Waals surface area contributed by atoms with E-state index in [-0.39, 0.29) is 50.5 Å². The first-order valence-electron chi connectivity index (χ1n) is 24.6. The molecule has 0 saturated carbocycles. The molecule has 2 atom stereocenters. The number of ether oxygens (including phenoxy) is 6. The minimum Gasteiger partial charge on any atom is -0.748 e. The average Bonchev–Trinajstić information content (AvgIpc) is 3.70. The number of aliphatic carboxylic acids is 1. The summed E-state index contributed by atoms with van der Waals surface area (Å²) < 4.78 is 144. The van der Waals surface area contributed by atoms with Crippen molar-refractivity contribution in [3.8, 4) is 0 Å². The van der Waals surface area contributed by atoms with Gasteiger partial charge in [-0.1, -0.05) is 30.2 Å². The van der Waals surface area contributed by atoms with E-state index in [9.17, 15) is 48.8 Å². The molecule has 2 aliphatic heterocycles. The molecule has 0 spiro atoms. The molecule has 23 heteroatoms. The van der Waals surface area contributed by atoms with Crippen molar-refractivity contribution in [2.24, 2.45) is 0 Å². The van der Waals surface area contributed by atoms with Crippen LogP contribution in [0.25, 0.3) is 0 Å². The Balaban J connectivity index is 1.48. The maximum atomic E-state index is 12.4. The van der Waals surface area contributed by atoms with Crippen LogP contribution in [0.15, 0.2) is 92.4 Å². The molecule has 2 aromatic carbocycles. The number of carboxylic acid groups (broad SMARTS) is 1. The van der Waals surface area contributed by atoms with Crippen molar-refractivity contribution in [2.75, 3.05) is 104 Å². The first-order chi connectivity index (χ1) is 35.0. The molecule has 0 bridgehead atoms. The number of hydrogen-bond acceptors (Lipinski definition) is 17. The first-order valence-corrected chi connectivity index (χ1v) is 29.4. The minimum absolute atomic E-state index is 0.0288. The lowest BCUT2D eigenvalue weighted by atomic mass is 9.75. The van der Waals surface area contributed by atoms with Crippen LogP contribution in [0.2, 0.25) is 0 Å². The van der Waals surface area contributed by atoms with Crippen LogP contribution in [0.3, 0.4) is 0 Å². The van der Waals surface area contributed by atoms with Crippen LogP contribution in [0.1, 0.15) is 89.2 Å². The van der Waals surface area contributed by atoms with Crippen LogP contribution >= 0.6 is 11.6 Å². The predicted molar refractivity (Wildman–Crippen MR) is 274 cm³/mol. The van der Waals surface area contributed by atoms with Crippen LogP contribution in [-0.2, 0) is 74.4 Å². The molecule has 74 heavy (non-hydrogen) atoms. The number of rotatable bonds is 33. The van der Waals surface area contributed by atoms with Crippen LogP contribution in [0.4, 0.5) is 11.4 Å². The number of benzene rings is 2. The third kappa shape index (κ3) is 16.8. The molecule has 0 fully saturated rings. The highest BCUT2D eigenvalue weighted by Gasteiger charge is 2.48. The van der Waals surface area contributed by atoms with Crippen LogP contribution in [-0.4, -0.2) is 159 Å². The maximum absolute atomic E-state index is 12.4. The zero-order chi connectivity index (χ0) is 54.2. The van der Waals surface area contributed by atoms with Gasteiger partial charge in [-0.25, -0.2) is 25.3 Å². The van der Waals surface area contributed by atoms with Gasteiger partial charge in [0.2, 0.25) is 5.69 Å². The summed E-state index contributed by atoms with van der Waals surface area (Å²) in [4.78, 5) is 12.5. The highest BCUT2D eigenvalue weighted by atomic mass is 35.5. The zero-order valence-corrected chi connectivity index (χ0v) is 45.7. The minimum atomic E-state index is -4.90. The number of unbranched alkanes of at least 4 members (excludes halogenated alkanes) is 2. The number of anilines is 1. The standard InChI is InChI=1S/C51H71ClN2O17S3/c1-50(21-9-35-72(57,58)59)42-36-40(73(60,61)62)16-18-45(42)54(24-26-68-29-30-70-33-34-71-32-31-69-28-27-67-4)46(50)19-13-38-10-8-11-39(49(38)52)14-20-47-51(2,22-25-66-3)43-37-41(74(63,64)65)15-17-44(43)53(47)23-7-5-6-12-48(55)56/h13-20,36-37H,5-12,21-35H2,1-4H3,(H3-,55,56,57,58,59,60,61,62,63,64,65)/p-2. The molecule has 0 saturated heterocycles. The fraction of sp³-hybridized carbons (Fsp3) is 0.569. The van der Waals surface area contributed by atoms with E-state index < -0.39 is 57.8 Å². The molecule has 1 aliphatic carbocycles. The highest BCUT2D eigenvalue weighted by molar-refractivity contribution is 7.86. The number of carboxylic acids is 1. The van der Waals surface area contributed by atoms with Crippen molar-refractivity contribution in [2.45, 2.75) is 98.7 Å². The molecule has 1 N–H and O–H groups in total. The third-order valence-electron chi connectivity index (χ3n) is 13.5. The van der Waals surface area contributed by atoms with Crippen LogP contribution < -0.4 is 4.90 Å². The van der Waals surface area contributed by atoms with Gasteiger partial charge in [-0.05, 0) is 118 Å². The summed E-state index contributed by atoms with van der Waals surface area (Å²) >= 11 is 7.29. The number of fused-ring (bicyclic) bond motifs is 2. The van der Waals surface area contributed by atoms with Crippen molar-refractivity contribution >= 4 is 65.0 Å². The summed E-state index contributed by atoms with van der Waals surface area (Å²) in [6, 6.07) is 8.43. The molecule has 0 amide bonds. The number of hydrogen-bond donors (Lipinski definition) is 1. The number of nitrogens with zero attached hydrogens (tertiary/aromatic N) is 2. The fourth-order valence-corrected chi connectivity index (χ4v) is 11.4. The topological polar surface area (TPSA) is 271 Å². The molecule has 3 aliphatic rings. The lowest BCUT2D eigenvalue weighted by Gasteiger charge is -2.30. The number of carbonyl (C=O) groups is 1. The summed E-state index contributed by atoms with van der Waals surface area (Å²) in [5.41, 5.74) is 3.50. The van der Waals surface area contributed by atoms with E-state index in [1.807, 2.05) is 42.7 Å². The Morgan fingerprint density at radius 3 is 1.91 bits per heavy atom. The SMILES string of the molecule is COCCOCCOCCOCCOCC[N+]1=C(C=CC2=C(Cl)C(=CC=C3N(CCCCCC(=O)O)c4ccc(S(=O)(=O)[O-])cc4C3(C)CCOC)CCC2)C(C)(CCCS(=O)(=O)[O-])c2cc(S(=O)(=O)[O-])ccc21. The molecule has 412 valence electrons. The average molecular weight is 1110 g/mol. The summed E-state index contributed by atoms with van der Waals surface area (Å²) in [5.74, 6) is -1.55. The van der Waals surface area contributed by atoms with E-state index in [0.717, 1.165) is 22.5 Å². The molecule has 0 radical (unpaired) electrons. The van der Waals surface area contributed by atoms with E-state index in [2.05, 4.69) is 4.90 Å². The number of halogens is 1. The number of methoxy groups -OCH3 is 2. The molecular formula is C51H69ClN2O17S3-2. The second-order valence-electron chi connectivity index (χ2n) is 18.6. The lowest BCUT2D eigenvalue weighted by molar-refractivity contribution is -0.442. The monoisotopic (exact) mass is 1110 g/mol. The van der Waals surface area contributed by atoms with Crippen molar-refractivity contribution in [3.05, 3.63) is 93.7 Å². The zero-order valence-electron chi connectivity index (χ0n) is 42.5. The molecule has 2 aromatic rings. The Morgan fingerprint density at radius 1 is 0.716 bits per heavy atom. The number of allylic oxidation sites excluding steroid dienone is 8. The van der Waals surface area contributed by atoms with Crippen LogP contribution in [0.5, 0.6) is 0 Å². The van der Waals surface area contributed by atoms with E-state index >= 15 is 0 Å². The quantitative estimate of drug-likeness (QED) is 0.0460. The van der Waals surface area contributed by atoms with E-state index in [1.54, 1.807) is 20.3 Å². The Hall–Kier alpha value is -3.88. The predicted octanol–water partition coefficient (Wildman–Crippen LogP) is 6.39. The van der Waals surface area contributed by atoms with Gasteiger partial charge >= 0.3 is 5.97 Å². The second-order valence-corrected chi connectivity index (χ2v) is 23.3. The Kier molecular flexibility index (Phi) is 23.0. The summed E-state index contributed by atoms with van der Waals surface area (Å²) in [6.07, 6.45) is 11.7. The molecule has 0 aromatic heterocycles. The second kappa shape index (κ2) is 28.0. The summed E-state index contributed by atoms with van der Waals surface area (Å²) in [6.45, 7) is 8.09. The van der Waals surface area contributed by atoms with Gasteiger partial charge in [-0.15, -0.1) is 0 Å². The summed E-state index contributed by atoms with van der Waals surface area (Å²) in [5, 5.41) is 9.69. The van der Waals surface area contributed by atoms with Gasteiger partial charge in [0.05, 0.1) is 78.2 Å². The summed E-state index contributed by atoms with van der Waals surface area (Å²) in [7, 11) is -11.1. The van der Waals surface area contributed by atoms with Gasteiger partial charge in [0.25, 0.3) is 0 Å². The smallest absolute Gasteiger partial charge is 0.303 e. The van der Waals surface area contributed by atoms with Gasteiger partial charge in [-0.2, -0.15) is 4.58 Å². The van der Waals surface area contributed by atoms with Crippen molar-refractivity contribution < 1.29 is 81.8 Å². The Labute approximate surface area is 441 Å². The van der Waals surface area contributed by atoms with E-state index in [1.165, 1.54) is 30.3 Å². The molecular weight excluding hydrogens is 1040 g/mol. The van der Waals surface area contributed by atoms with Gasteiger partial charge < -0.3 is 52.1 Å². The molecule has 2 heterocycles. The first kappa shape index (κ1) is 61.0. The van der Waals surface area contributed by atoms with Gasteiger partial charge in [-0.3, -0.25) is 4.79 Å². The highest BCUT2D eigenvalue weighted by Crippen LogP contribution is 2.51. The third-order valence-corrected chi connectivity index (χ3v) is 16.4. The van der Waals surface area contributed by atoms with Crippen molar-refractivity contribution in [3.63, 3.8) is 0 Å². The lowest BCUT2D eigenvalue weighted by Crippen LogP contribution is -2.33. The molecule has 2 unspecified atom stereocenters. The fourth-order valence-electron chi connectivity index (χ4n) is 9.64. The van der Waals surface area contributed by atoms with Crippen molar-refractivity contribution in [1.82, 2.24) is 0 Å². The molecule has 5 rings (SSSR count). The molecule has 19 nitrogen and oxygen atoms in total. The van der Waals surface area contributed by atoms with Crippen molar-refractivity contribution in [1.29, 1.82) is 0 Å². The Morgan fingerprint density at radius 2 is 1.31 bits per heavy atom. The Bertz CT molecular complexity index is 2780. The van der Waals surface area contributed by atoms with Crippen LogP contribution in [0, 0.1) is 0 Å². The van der Waals surface area contributed by atoms with Gasteiger partial charge in [0.1, 0.15) is 26.8 Å². The van der Waals surface area contributed by atoms with Gasteiger partial charge in [0.15, 0.2) is 12.3 Å². The van der Waals surface area contributed by atoms with E-state index in [4.69, 9.17) is 40.0 Å².